The van der Waals surface area contributed by atoms with Gasteiger partial charge < -0.3 is 71.5 Å². The topological polar surface area (TPSA) is 421 Å². The Labute approximate surface area is 574 Å². The van der Waals surface area contributed by atoms with Crippen molar-refractivity contribution in [2.24, 2.45) is 0 Å². The maximum atomic E-state index is 15.1. The second-order valence-corrected chi connectivity index (χ2v) is 23.7. The first-order chi connectivity index (χ1) is 47.4. The molecule has 10 N–H and O–H groups in total. The van der Waals surface area contributed by atoms with Crippen molar-refractivity contribution >= 4 is 83.1 Å². The number of unbranched alkanes of at least 4 members (excludes halogenated alkanes) is 2. The van der Waals surface area contributed by atoms with E-state index in [2.05, 4.69) is 21.3 Å². The van der Waals surface area contributed by atoms with Gasteiger partial charge in [-0.15, -0.1) is 0 Å². The van der Waals surface area contributed by atoms with Crippen molar-refractivity contribution in [1.82, 2.24) is 40.9 Å². The zero-order valence-corrected chi connectivity index (χ0v) is 55.6. The maximum absolute atomic E-state index is 15.1. The zero-order chi connectivity index (χ0) is 72.5. The Bertz CT molecular complexity index is 3290. The monoisotopic (exact) mass is 1380 g/mol. The number of nitrogens with zero attached hydrogens (tertiary/aromatic N) is 4. The number of nitrogens with one attached hydrogen (secondary N) is 4. The molecule has 0 aliphatic rings. The van der Waals surface area contributed by atoms with Crippen LogP contribution in [0.25, 0.3) is 0 Å². The van der Waals surface area contributed by atoms with Crippen molar-refractivity contribution in [1.29, 1.82) is 0 Å². The van der Waals surface area contributed by atoms with Crippen LogP contribution in [0.3, 0.4) is 0 Å². The number of benzene rings is 4. The third kappa shape index (κ3) is 31.9. The van der Waals surface area contributed by atoms with E-state index in [0.29, 0.717) is 22.3 Å². The lowest BCUT2D eigenvalue weighted by Gasteiger charge is -2.33. The standard InChI is InChI=1S/C71H92N8O20/c80-58(32-19-33-60(82)78(48-52-24-10-3-11-25-52)55(29-17-35-63(86)87)69(97)74-43-39-66(92)93)76(45-15-5-14-31-59(81)77(47-51-22-8-2-9-23-51)54(28-16-34-62(84)85)68(96)73-42-38-65(90)91)57(46-50-20-6-1-7-21-50)71(99)72-41-37-61(83)79(49-53-26-12-4-13-27-53)56(30-18-36-64(88)89)70(98)75-44-40-67(94)95/h1-4,6-13,20-27,54-57H,5,14-19,28-49H2,(H,72,99)(H,73,96)(H,74,97)(H,75,98)(H,84,85)(H,86,87)(H,88,89)(H,90,91)(H,92,93)(H,94,95). The van der Waals surface area contributed by atoms with Gasteiger partial charge in [-0.1, -0.05) is 128 Å². The van der Waals surface area contributed by atoms with Gasteiger partial charge in [0.05, 0.1) is 19.3 Å². The van der Waals surface area contributed by atoms with Crippen molar-refractivity contribution in [3.63, 3.8) is 0 Å². The summed E-state index contributed by atoms with van der Waals surface area (Å²) < 4.78 is 0. The number of carboxylic acids is 6. The summed E-state index contributed by atoms with van der Waals surface area (Å²) in [6, 6.07) is 29.5. The molecule has 0 aliphatic heterocycles. The molecule has 4 aromatic rings. The highest BCUT2D eigenvalue weighted by Crippen LogP contribution is 2.23. The third-order valence-corrected chi connectivity index (χ3v) is 16.1. The van der Waals surface area contributed by atoms with E-state index >= 15 is 9.59 Å². The number of aliphatic carboxylic acids is 6. The Morgan fingerprint density at radius 2 is 0.545 bits per heavy atom. The lowest BCUT2D eigenvalue weighted by Crippen LogP contribution is -2.52. The molecule has 4 rings (SSSR count). The van der Waals surface area contributed by atoms with Gasteiger partial charge in [-0.2, -0.15) is 0 Å². The van der Waals surface area contributed by atoms with Gasteiger partial charge in [-0.25, -0.2) is 0 Å². The fourth-order valence-electron chi connectivity index (χ4n) is 11.1. The molecule has 0 spiro atoms. The van der Waals surface area contributed by atoms with Crippen molar-refractivity contribution < 1.29 is 97.8 Å². The van der Waals surface area contributed by atoms with Crippen LogP contribution in [0.1, 0.15) is 151 Å². The Morgan fingerprint density at radius 1 is 0.273 bits per heavy atom. The molecule has 0 saturated carbocycles. The average molecular weight is 1380 g/mol. The van der Waals surface area contributed by atoms with Crippen LogP contribution in [0, 0.1) is 0 Å². The molecule has 4 unspecified atom stereocenters. The predicted molar refractivity (Wildman–Crippen MR) is 358 cm³/mol. The van der Waals surface area contributed by atoms with Gasteiger partial charge in [0.15, 0.2) is 0 Å². The molecular weight excluding hydrogens is 1280 g/mol. The number of rotatable bonds is 50. The first-order valence-corrected chi connectivity index (χ1v) is 33.2. The molecule has 99 heavy (non-hydrogen) atoms. The molecule has 0 bridgehead atoms. The maximum Gasteiger partial charge on any atom is 0.305 e. The van der Waals surface area contributed by atoms with Crippen molar-refractivity contribution in [3.05, 3.63) is 144 Å². The molecule has 0 saturated heterocycles. The molecule has 0 heterocycles. The summed E-state index contributed by atoms with van der Waals surface area (Å²) in [7, 11) is 0. The third-order valence-electron chi connectivity index (χ3n) is 16.1. The van der Waals surface area contributed by atoms with E-state index in [1.54, 1.807) is 121 Å². The summed E-state index contributed by atoms with van der Waals surface area (Å²) in [6.45, 7) is -1.62. The van der Waals surface area contributed by atoms with Crippen LogP contribution >= 0.6 is 0 Å². The van der Waals surface area contributed by atoms with Gasteiger partial charge >= 0.3 is 35.8 Å². The van der Waals surface area contributed by atoms with Crippen molar-refractivity contribution in [2.45, 2.75) is 179 Å². The summed E-state index contributed by atoms with van der Waals surface area (Å²) in [5.74, 6) is -12.2. The first-order valence-electron chi connectivity index (χ1n) is 33.2. The molecule has 0 fully saturated rings. The number of hydrogen-bond acceptors (Lipinski definition) is 14. The van der Waals surface area contributed by atoms with E-state index in [1.807, 2.05) is 0 Å². The van der Waals surface area contributed by atoms with E-state index in [0.717, 1.165) is 0 Å². The van der Waals surface area contributed by atoms with Crippen LogP contribution in [0.15, 0.2) is 121 Å². The molecule has 0 aromatic heterocycles. The minimum absolute atomic E-state index is 0.00499. The van der Waals surface area contributed by atoms with Gasteiger partial charge in [-0.05, 0) is 80.0 Å². The van der Waals surface area contributed by atoms with E-state index in [9.17, 15) is 88.2 Å². The van der Waals surface area contributed by atoms with E-state index in [4.69, 9.17) is 0 Å². The Balaban J connectivity index is 1.72. The zero-order valence-electron chi connectivity index (χ0n) is 55.6. The number of hydrogen-bond donors (Lipinski definition) is 10. The minimum Gasteiger partial charge on any atom is -0.481 e. The molecule has 536 valence electrons. The van der Waals surface area contributed by atoms with Crippen LogP contribution in [0.5, 0.6) is 0 Å². The van der Waals surface area contributed by atoms with Gasteiger partial charge in [0.2, 0.25) is 47.3 Å². The van der Waals surface area contributed by atoms with Gasteiger partial charge in [0.25, 0.3) is 0 Å². The average Bonchev–Trinajstić information content (AvgIpc) is 0.903. The fraction of sp³-hybridized carbons (Fsp3) is 0.465. The molecular formula is C71H92N8O20. The SMILES string of the molecule is O=C(O)CCCC(C(=O)NCCC(=O)O)N(Cc1ccccc1)C(=O)CCCCCN(C(=O)CCCC(=O)N(Cc1ccccc1)C(CCCC(=O)O)C(=O)NCCC(=O)O)C(Cc1ccccc1)C(=O)NCCC(=O)N(Cc1ccccc1)C(CCCC(=O)O)C(=O)NCCC(=O)O. The molecule has 8 amide bonds. The van der Waals surface area contributed by atoms with Crippen LogP contribution in [0.4, 0.5) is 0 Å². The predicted octanol–water partition coefficient (Wildman–Crippen LogP) is 5.39. The quantitative estimate of drug-likeness (QED) is 0.0248. The van der Waals surface area contributed by atoms with Crippen molar-refractivity contribution in [3.8, 4) is 0 Å². The van der Waals surface area contributed by atoms with Crippen LogP contribution in [0.2, 0.25) is 0 Å². The molecule has 4 atom stereocenters. The highest BCUT2D eigenvalue weighted by Gasteiger charge is 2.35. The Kier molecular flexibility index (Phi) is 36.8. The summed E-state index contributed by atoms with van der Waals surface area (Å²) in [4.78, 5) is 189. The highest BCUT2D eigenvalue weighted by molar-refractivity contribution is 5.92. The van der Waals surface area contributed by atoms with E-state index in [-0.39, 0.29) is 162 Å². The molecule has 28 nitrogen and oxygen atoms in total. The number of carbonyl (C=O) groups excluding carboxylic acids is 8. The molecule has 28 heteroatoms. The van der Waals surface area contributed by atoms with Crippen LogP contribution < -0.4 is 21.3 Å². The summed E-state index contributed by atoms with van der Waals surface area (Å²) in [6.07, 6.45) is -3.58. The van der Waals surface area contributed by atoms with Crippen LogP contribution in [-0.2, 0) is 93.2 Å². The number of carboxylic acid groups (broad SMARTS) is 6. The smallest absolute Gasteiger partial charge is 0.305 e. The second-order valence-electron chi connectivity index (χ2n) is 23.7. The van der Waals surface area contributed by atoms with Gasteiger partial charge in [0, 0.05) is 104 Å². The highest BCUT2D eigenvalue weighted by atomic mass is 16.4. The van der Waals surface area contributed by atoms with Gasteiger partial charge in [0.1, 0.15) is 24.2 Å². The Hall–Kier alpha value is -10.5. The normalized spacial score (nSPS) is 12.0. The number of carbonyl (C=O) groups is 14. The molecule has 4 aromatic carbocycles. The molecule has 0 radical (unpaired) electrons. The lowest BCUT2D eigenvalue weighted by atomic mass is 10.0. The van der Waals surface area contributed by atoms with Crippen LogP contribution in [-0.4, -0.2) is 190 Å². The number of amides is 8. The van der Waals surface area contributed by atoms with E-state index < -0.39 is 133 Å². The minimum atomic E-state index is -1.31. The Morgan fingerprint density at radius 3 is 0.869 bits per heavy atom. The summed E-state index contributed by atoms with van der Waals surface area (Å²) >= 11 is 0. The summed E-state index contributed by atoms with van der Waals surface area (Å²) in [5, 5.41) is 66.8. The van der Waals surface area contributed by atoms with Crippen molar-refractivity contribution in [2.75, 3.05) is 32.7 Å². The van der Waals surface area contributed by atoms with Gasteiger partial charge in [-0.3, -0.25) is 67.1 Å². The lowest BCUT2D eigenvalue weighted by molar-refractivity contribution is -0.144. The second kappa shape index (κ2) is 45.1. The summed E-state index contributed by atoms with van der Waals surface area (Å²) in [5.41, 5.74) is 2.45. The van der Waals surface area contributed by atoms with E-state index in [1.165, 1.54) is 19.6 Å². The largest absolute Gasteiger partial charge is 0.481 e. The first kappa shape index (κ1) is 80.9. The fourth-order valence-corrected chi connectivity index (χ4v) is 11.1. The molecule has 0 aliphatic carbocycles.